The standard InChI is InChI=1S/C23H22N2O4S/c1-4-8-29-19-11-15(10-18(28-3)21(19)26)12-20-22(27)25-13-17(24-23(25)30-20)16-7-5-6-14(2)9-16/h5-7,9-13,26H,4,8H2,1-3H3/b20-12-. The third kappa shape index (κ3) is 3.76. The van der Waals surface area contributed by atoms with E-state index in [0.29, 0.717) is 33.2 Å². The molecule has 4 aromatic rings. The van der Waals surface area contributed by atoms with E-state index in [1.54, 1.807) is 28.8 Å². The van der Waals surface area contributed by atoms with Crippen LogP contribution in [-0.4, -0.2) is 28.2 Å². The van der Waals surface area contributed by atoms with Crippen LogP contribution >= 0.6 is 11.3 Å². The number of benzene rings is 2. The largest absolute Gasteiger partial charge is 0.502 e. The van der Waals surface area contributed by atoms with Gasteiger partial charge in [0.25, 0.3) is 5.56 Å². The van der Waals surface area contributed by atoms with Crippen LogP contribution in [0.3, 0.4) is 0 Å². The summed E-state index contributed by atoms with van der Waals surface area (Å²) in [4.78, 5) is 18.2. The van der Waals surface area contributed by atoms with Crippen molar-refractivity contribution in [2.24, 2.45) is 0 Å². The minimum Gasteiger partial charge on any atom is -0.502 e. The van der Waals surface area contributed by atoms with Gasteiger partial charge in [-0.2, -0.15) is 0 Å². The predicted octanol–water partition coefficient (Wildman–Crippen LogP) is 3.78. The van der Waals surface area contributed by atoms with E-state index in [0.717, 1.165) is 23.2 Å². The highest BCUT2D eigenvalue weighted by Crippen LogP contribution is 2.37. The topological polar surface area (TPSA) is 73.1 Å². The molecule has 0 amide bonds. The molecule has 30 heavy (non-hydrogen) atoms. The summed E-state index contributed by atoms with van der Waals surface area (Å²) in [6.07, 6.45) is 4.34. The number of phenolic OH excluding ortho intramolecular Hbond substituents is 1. The van der Waals surface area contributed by atoms with Crippen molar-refractivity contribution in [1.82, 2.24) is 9.38 Å². The first-order chi connectivity index (χ1) is 14.5. The number of thiazole rings is 1. The molecule has 0 saturated carbocycles. The fourth-order valence-corrected chi connectivity index (χ4v) is 4.15. The van der Waals surface area contributed by atoms with Gasteiger partial charge in [0, 0.05) is 11.8 Å². The minimum atomic E-state index is -0.135. The lowest BCUT2D eigenvalue weighted by Crippen LogP contribution is -2.22. The number of aromatic hydroxyl groups is 1. The number of aryl methyl sites for hydroxylation is 1. The van der Waals surface area contributed by atoms with E-state index >= 15 is 0 Å². The quantitative estimate of drug-likeness (QED) is 0.512. The van der Waals surface area contributed by atoms with Gasteiger partial charge in [-0.3, -0.25) is 9.20 Å². The van der Waals surface area contributed by atoms with Crippen LogP contribution in [0, 0.1) is 6.92 Å². The van der Waals surface area contributed by atoms with E-state index in [1.165, 1.54) is 18.4 Å². The Labute approximate surface area is 177 Å². The van der Waals surface area contributed by atoms with Crippen LogP contribution in [0.1, 0.15) is 24.5 Å². The molecule has 0 unspecified atom stereocenters. The molecular formula is C23H22N2O4S. The van der Waals surface area contributed by atoms with Crippen molar-refractivity contribution in [2.75, 3.05) is 13.7 Å². The molecule has 0 bridgehead atoms. The molecule has 0 aliphatic rings. The van der Waals surface area contributed by atoms with Crippen LogP contribution in [0.2, 0.25) is 0 Å². The van der Waals surface area contributed by atoms with Gasteiger partial charge in [0.1, 0.15) is 0 Å². The monoisotopic (exact) mass is 422 g/mol. The normalized spacial score (nSPS) is 11.9. The molecule has 2 aromatic heterocycles. The first-order valence-corrected chi connectivity index (χ1v) is 10.5. The summed E-state index contributed by atoms with van der Waals surface area (Å²) < 4.78 is 13.0. The molecule has 2 aromatic carbocycles. The Morgan fingerprint density at radius 3 is 2.73 bits per heavy atom. The molecule has 4 rings (SSSR count). The Kier molecular flexibility index (Phi) is 5.46. The zero-order valence-corrected chi connectivity index (χ0v) is 17.8. The molecule has 1 N–H and O–H groups in total. The molecule has 0 fully saturated rings. The average molecular weight is 423 g/mol. The Hall–Kier alpha value is -3.32. The number of imidazole rings is 1. The highest BCUT2D eigenvalue weighted by molar-refractivity contribution is 7.15. The lowest BCUT2D eigenvalue weighted by Gasteiger charge is -2.11. The number of fused-ring (bicyclic) bond motifs is 1. The number of ether oxygens (including phenoxy) is 2. The van der Waals surface area contributed by atoms with Crippen molar-refractivity contribution in [1.29, 1.82) is 0 Å². The lowest BCUT2D eigenvalue weighted by atomic mass is 10.1. The maximum Gasteiger partial charge on any atom is 0.274 e. The van der Waals surface area contributed by atoms with Crippen molar-refractivity contribution < 1.29 is 14.6 Å². The summed E-state index contributed by atoms with van der Waals surface area (Å²) in [7, 11) is 1.48. The first kappa shape index (κ1) is 20.0. The molecule has 0 aliphatic carbocycles. The summed E-state index contributed by atoms with van der Waals surface area (Å²) in [6, 6.07) is 11.4. The summed E-state index contributed by atoms with van der Waals surface area (Å²) >= 11 is 1.32. The summed E-state index contributed by atoms with van der Waals surface area (Å²) in [5.41, 5.74) is 3.47. The predicted molar refractivity (Wildman–Crippen MR) is 119 cm³/mol. The van der Waals surface area contributed by atoms with Gasteiger partial charge in [-0.25, -0.2) is 4.98 Å². The zero-order chi connectivity index (χ0) is 21.3. The fourth-order valence-electron chi connectivity index (χ4n) is 3.19. The van der Waals surface area contributed by atoms with Crippen molar-refractivity contribution in [3.05, 3.63) is 68.6 Å². The molecule has 0 saturated heterocycles. The van der Waals surface area contributed by atoms with Gasteiger partial charge in [-0.05, 0) is 43.2 Å². The van der Waals surface area contributed by atoms with Crippen molar-refractivity contribution in [3.8, 4) is 28.5 Å². The van der Waals surface area contributed by atoms with Crippen LogP contribution in [0.5, 0.6) is 17.2 Å². The second-order valence-electron chi connectivity index (χ2n) is 6.98. The van der Waals surface area contributed by atoms with E-state index in [1.807, 2.05) is 38.1 Å². The number of hydrogen-bond acceptors (Lipinski definition) is 6. The van der Waals surface area contributed by atoms with Gasteiger partial charge >= 0.3 is 0 Å². The molecule has 7 heteroatoms. The summed E-state index contributed by atoms with van der Waals surface area (Å²) in [5.74, 6) is 0.581. The highest BCUT2D eigenvalue weighted by atomic mass is 32.1. The van der Waals surface area contributed by atoms with E-state index in [9.17, 15) is 9.90 Å². The van der Waals surface area contributed by atoms with E-state index in [-0.39, 0.29) is 11.3 Å². The Bertz CT molecular complexity index is 1320. The van der Waals surface area contributed by atoms with Crippen molar-refractivity contribution >= 4 is 22.4 Å². The Balaban J connectivity index is 1.77. The first-order valence-electron chi connectivity index (χ1n) is 9.64. The molecule has 2 heterocycles. The number of nitrogens with zero attached hydrogens (tertiary/aromatic N) is 2. The van der Waals surface area contributed by atoms with Gasteiger partial charge < -0.3 is 14.6 Å². The van der Waals surface area contributed by atoms with E-state index in [4.69, 9.17) is 9.47 Å². The second kappa shape index (κ2) is 8.20. The van der Waals surface area contributed by atoms with Crippen molar-refractivity contribution in [2.45, 2.75) is 20.3 Å². The Morgan fingerprint density at radius 1 is 1.23 bits per heavy atom. The third-order valence-corrected chi connectivity index (χ3v) is 5.64. The maximum atomic E-state index is 12.9. The fraction of sp³-hybridized carbons (Fsp3) is 0.217. The van der Waals surface area contributed by atoms with Crippen molar-refractivity contribution in [3.63, 3.8) is 0 Å². The highest BCUT2D eigenvalue weighted by Gasteiger charge is 2.13. The number of phenols is 1. The molecule has 154 valence electrons. The van der Waals surface area contributed by atoms with Crippen LogP contribution in [0.25, 0.3) is 22.3 Å². The van der Waals surface area contributed by atoms with Crippen LogP contribution < -0.4 is 19.6 Å². The molecule has 6 nitrogen and oxygen atoms in total. The van der Waals surface area contributed by atoms with Gasteiger partial charge in [0.2, 0.25) is 5.75 Å². The smallest absolute Gasteiger partial charge is 0.274 e. The summed E-state index contributed by atoms with van der Waals surface area (Å²) in [6.45, 7) is 4.49. The summed E-state index contributed by atoms with van der Waals surface area (Å²) in [5, 5.41) is 10.3. The van der Waals surface area contributed by atoms with Gasteiger partial charge in [0.05, 0.1) is 23.9 Å². The molecule has 0 aliphatic heterocycles. The Morgan fingerprint density at radius 2 is 2.03 bits per heavy atom. The molecular weight excluding hydrogens is 400 g/mol. The van der Waals surface area contributed by atoms with E-state index < -0.39 is 0 Å². The molecule has 0 atom stereocenters. The third-order valence-electron chi connectivity index (χ3n) is 4.66. The number of methoxy groups -OCH3 is 1. The van der Waals surface area contributed by atoms with Crippen LogP contribution in [-0.2, 0) is 0 Å². The van der Waals surface area contributed by atoms with E-state index in [2.05, 4.69) is 4.98 Å². The van der Waals surface area contributed by atoms with Gasteiger partial charge in [-0.1, -0.05) is 42.0 Å². The number of rotatable bonds is 6. The maximum absolute atomic E-state index is 12.9. The van der Waals surface area contributed by atoms with Gasteiger partial charge in [-0.15, -0.1) is 0 Å². The number of hydrogen-bond donors (Lipinski definition) is 1. The molecule has 0 spiro atoms. The molecule has 0 radical (unpaired) electrons. The SMILES string of the molecule is CCCOc1cc(/C=c2\sc3nc(-c4cccc(C)c4)cn3c2=O)cc(OC)c1O. The lowest BCUT2D eigenvalue weighted by molar-refractivity contribution is 0.290. The van der Waals surface area contributed by atoms with Crippen LogP contribution in [0.15, 0.2) is 47.4 Å². The average Bonchev–Trinajstić information content (AvgIpc) is 3.27. The second-order valence-corrected chi connectivity index (χ2v) is 7.99. The zero-order valence-electron chi connectivity index (χ0n) is 17.0. The minimum absolute atomic E-state index is 0.0470. The number of aromatic nitrogens is 2. The van der Waals surface area contributed by atoms with Crippen LogP contribution in [0.4, 0.5) is 0 Å². The van der Waals surface area contributed by atoms with Gasteiger partial charge in [0.15, 0.2) is 16.5 Å².